The van der Waals surface area contributed by atoms with Crippen molar-refractivity contribution in [3.63, 3.8) is 0 Å². The Morgan fingerprint density at radius 1 is 1.54 bits per heavy atom. The van der Waals surface area contributed by atoms with Crippen molar-refractivity contribution in [1.29, 1.82) is 0 Å². The van der Waals surface area contributed by atoms with Crippen molar-refractivity contribution in [3.8, 4) is 0 Å². The second-order valence-electron chi connectivity index (χ2n) is 3.22. The zero-order chi connectivity index (χ0) is 9.26. The molecule has 2 heterocycles. The number of carbonyl (C=O) groups excluding carboxylic acids is 1. The van der Waals surface area contributed by atoms with Crippen molar-refractivity contribution in [2.24, 2.45) is 0 Å². The van der Waals surface area contributed by atoms with Crippen LogP contribution in [-0.2, 0) is 4.79 Å². The van der Waals surface area contributed by atoms with E-state index in [1.807, 2.05) is 18.0 Å². The molecule has 0 atom stereocenters. The number of anilines is 1. The first kappa shape index (κ1) is 8.25. The van der Waals surface area contributed by atoms with Gasteiger partial charge in [-0.1, -0.05) is 0 Å². The summed E-state index contributed by atoms with van der Waals surface area (Å²) in [7, 11) is 1.94. The molecule has 0 saturated carbocycles. The van der Waals surface area contributed by atoms with Crippen molar-refractivity contribution in [1.82, 2.24) is 15.1 Å². The zero-order valence-electron chi connectivity index (χ0n) is 7.53. The number of H-pyrrole nitrogens is 1. The summed E-state index contributed by atoms with van der Waals surface area (Å²) in [5, 5.41) is 6.68. The summed E-state index contributed by atoms with van der Waals surface area (Å²) in [6.45, 7) is 2.10. The zero-order valence-corrected chi connectivity index (χ0v) is 7.53. The molecule has 1 amide bonds. The van der Waals surface area contributed by atoms with E-state index in [-0.39, 0.29) is 5.91 Å². The fourth-order valence-corrected chi connectivity index (χ4v) is 1.44. The van der Waals surface area contributed by atoms with Gasteiger partial charge in [-0.25, -0.2) is 0 Å². The number of aromatic amines is 1. The molecule has 1 aromatic heterocycles. The quantitative estimate of drug-likeness (QED) is 0.645. The minimum absolute atomic E-state index is 0.112. The van der Waals surface area contributed by atoms with Crippen molar-refractivity contribution in [2.75, 3.05) is 31.6 Å². The number of amides is 1. The predicted molar refractivity (Wildman–Crippen MR) is 48.4 cm³/mol. The Bertz CT molecular complexity index is 295. The molecule has 5 nitrogen and oxygen atoms in total. The highest BCUT2D eigenvalue weighted by molar-refractivity contribution is 5.94. The van der Waals surface area contributed by atoms with Crippen LogP contribution in [0.4, 0.5) is 5.82 Å². The van der Waals surface area contributed by atoms with E-state index in [9.17, 15) is 4.79 Å². The summed E-state index contributed by atoms with van der Waals surface area (Å²) in [5.74, 6) is 0.832. The van der Waals surface area contributed by atoms with Gasteiger partial charge in [-0.3, -0.25) is 19.7 Å². The van der Waals surface area contributed by atoms with E-state index in [4.69, 9.17) is 0 Å². The molecule has 0 aromatic carbocycles. The molecule has 70 valence electrons. The van der Waals surface area contributed by atoms with Crippen LogP contribution in [0.5, 0.6) is 0 Å². The lowest BCUT2D eigenvalue weighted by atomic mass is 10.3. The molecule has 0 radical (unpaired) electrons. The normalized spacial score (nSPS) is 19.5. The van der Waals surface area contributed by atoms with E-state index >= 15 is 0 Å². The summed E-state index contributed by atoms with van der Waals surface area (Å²) in [5.41, 5.74) is 0. The van der Waals surface area contributed by atoms with Crippen LogP contribution in [0, 0.1) is 0 Å². The van der Waals surface area contributed by atoms with Crippen molar-refractivity contribution >= 4 is 11.7 Å². The number of piperazine rings is 1. The third-order valence-corrected chi connectivity index (χ3v) is 2.17. The molecule has 2 rings (SSSR count). The maximum atomic E-state index is 11.5. The summed E-state index contributed by atoms with van der Waals surface area (Å²) in [4.78, 5) is 15.2. The molecule has 1 aliphatic heterocycles. The Morgan fingerprint density at radius 2 is 2.38 bits per heavy atom. The van der Waals surface area contributed by atoms with Gasteiger partial charge >= 0.3 is 0 Å². The number of carbonyl (C=O) groups is 1. The summed E-state index contributed by atoms with van der Waals surface area (Å²) >= 11 is 0. The van der Waals surface area contributed by atoms with E-state index < -0.39 is 0 Å². The molecular weight excluding hydrogens is 168 g/mol. The second kappa shape index (κ2) is 3.18. The standard InChI is InChI=1S/C8H12N4O/c1-11-4-5-12(8(13)6-11)7-2-3-9-10-7/h2-3H,4-6H2,1H3,(H,9,10). The maximum absolute atomic E-state index is 11.5. The van der Waals surface area contributed by atoms with Gasteiger partial charge in [0.15, 0.2) is 5.82 Å². The number of aromatic nitrogens is 2. The van der Waals surface area contributed by atoms with Gasteiger partial charge in [0.1, 0.15) is 0 Å². The molecule has 0 aliphatic carbocycles. The van der Waals surface area contributed by atoms with Gasteiger partial charge in [0.25, 0.3) is 0 Å². The van der Waals surface area contributed by atoms with Crippen LogP contribution in [0.25, 0.3) is 0 Å². The fourth-order valence-electron chi connectivity index (χ4n) is 1.44. The molecule has 5 heteroatoms. The number of hydrogen-bond acceptors (Lipinski definition) is 3. The Balaban J connectivity index is 2.13. The molecule has 1 fully saturated rings. The smallest absolute Gasteiger partial charge is 0.242 e. The summed E-state index contributed by atoms with van der Waals surface area (Å²) in [6, 6.07) is 1.81. The number of nitrogens with one attached hydrogen (secondary N) is 1. The molecule has 1 saturated heterocycles. The van der Waals surface area contributed by atoms with E-state index in [0.717, 1.165) is 18.9 Å². The Labute approximate surface area is 76.3 Å². The van der Waals surface area contributed by atoms with Gasteiger partial charge in [-0.2, -0.15) is 5.10 Å². The minimum Gasteiger partial charge on any atom is -0.296 e. The van der Waals surface area contributed by atoms with Gasteiger partial charge in [0.2, 0.25) is 5.91 Å². The molecule has 0 spiro atoms. The number of hydrogen-bond donors (Lipinski definition) is 1. The fraction of sp³-hybridized carbons (Fsp3) is 0.500. The first-order valence-electron chi connectivity index (χ1n) is 4.26. The molecule has 0 bridgehead atoms. The first-order valence-corrected chi connectivity index (χ1v) is 4.26. The predicted octanol–water partition coefficient (Wildman–Crippen LogP) is -0.312. The summed E-state index contributed by atoms with van der Waals surface area (Å²) in [6.07, 6.45) is 1.72. The average molecular weight is 180 g/mol. The SMILES string of the molecule is CN1CCN(c2cc[nH]n2)C(=O)C1. The van der Waals surface area contributed by atoms with Crippen LogP contribution < -0.4 is 4.90 Å². The van der Waals surface area contributed by atoms with Crippen LogP contribution in [0.1, 0.15) is 0 Å². The minimum atomic E-state index is 0.112. The Hall–Kier alpha value is -1.36. The lowest BCUT2D eigenvalue weighted by Gasteiger charge is -2.30. The van der Waals surface area contributed by atoms with Gasteiger partial charge < -0.3 is 0 Å². The Kier molecular flexibility index (Phi) is 2.02. The molecular formula is C8H12N4O. The lowest BCUT2D eigenvalue weighted by Crippen LogP contribution is -2.49. The first-order chi connectivity index (χ1) is 6.27. The monoisotopic (exact) mass is 180 g/mol. The molecule has 1 aliphatic rings. The van der Waals surface area contributed by atoms with Gasteiger partial charge in [0, 0.05) is 25.4 Å². The lowest BCUT2D eigenvalue weighted by molar-refractivity contribution is -0.120. The van der Waals surface area contributed by atoms with Gasteiger partial charge in [-0.05, 0) is 7.05 Å². The second-order valence-corrected chi connectivity index (χ2v) is 3.22. The van der Waals surface area contributed by atoms with E-state index in [2.05, 4.69) is 10.2 Å². The number of nitrogens with zero attached hydrogens (tertiary/aromatic N) is 3. The summed E-state index contributed by atoms with van der Waals surface area (Å²) < 4.78 is 0. The van der Waals surface area contributed by atoms with E-state index in [1.165, 1.54) is 0 Å². The number of likely N-dealkylation sites (N-methyl/N-ethyl adjacent to an activating group) is 1. The maximum Gasteiger partial charge on any atom is 0.242 e. The third kappa shape index (κ3) is 1.55. The highest BCUT2D eigenvalue weighted by atomic mass is 16.2. The van der Waals surface area contributed by atoms with Crippen molar-refractivity contribution in [3.05, 3.63) is 12.3 Å². The van der Waals surface area contributed by atoms with Crippen LogP contribution >= 0.6 is 0 Å². The van der Waals surface area contributed by atoms with E-state index in [0.29, 0.717) is 6.54 Å². The van der Waals surface area contributed by atoms with Gasteiger partial charge in [-0.15, -0.1) is 0 Å². The molecule has 1 aromatic rings. The largest absolute Gasteiger partial charge is 0.296 e. The van der Waals surface area contributed by atoms with Crippen molar-refractivity contribution < 1.29 is 4.79 Å². The van der Waals surface area contributed by atoms with Crippen molar-refractivity contribution in [2.45, 2.75) is 0 Å². The van der Waals surface area contributed by atoms with E-state index in [1.54, 1.807) is 11.1 Å². The Morgan fingerprint density at radius 3 is 3.00 bits per heavy atom. The molecule has 13 heavy (non-hydrogen) atoms. The van der Waals surface area contributed by atoms with Crippen LogP contribution in [-0.4, -0.2) is 47.7 Å². The number of rotatable bonds is 1. The average Bonchev–Trinajstić information content (AvgIpc) is 2.56. The molecule has 0 unspecified atom stereocenters. The van der Waals surface area contributed by atoms with Gasteiger partial charge in [0.05, 0.1) is 6.54 Å². The van der Waals surface area contributed by atoms with Crippen LogP contribution in [0.15, 0.2) is 12.3 Å². The highest BCUT2D eigenvalue weighted by Gasteiger charge is 2.23. The third-order valence-electron chi connectivity index (χ3n) is 2.17. The van der Waals surface area contributed by atoms with Crippen LogP contribution in [0.2, 0.25) is 0 Å². The topological polar surface area (TPSA) is 52.2 Å². The van der Waals surface area contributed by atoms with Crippen LogP contribution in [0.3, 0.4) is 0 Å². The molecule has 1 N–H and O–H groups in total. The highest BCUT2D eigenvalue weighted by Crippen LogP contribution is 2.11.